The summed E-state index contributed by atoms with van der Waals surface area (Å²) in [6.45, 7) is 6.40. The van der Waals surface area contributed by atoms with Crippen molar-refractivity contribution >= 4 is 16.5 Å². The molecule has 2 aromatic heterocycles. The van der Waals surface area contributed by atoms with Crippen LogP contribution < -0.4 is 4.90 Å². The summed E-state index contributed by atoms with van der Waals surface area (Å²) in [6, 6.07) is 2.48. The minimum absolute atomic E-state index is 0.388. The number of aryl methyl sites for hydroxylation is 1. The average Bonchev–Trinajstić information content (AvgIpc) is 3.28. The van der Waals surface area contributed by atoms with Crippen molar-refractivity contribution in [2.45, 2.75) is 51.6 Å². The quantitative estimate of drug-likeness (QED) is 0.853. The molecule has 6 heteroatoms. The first-order valence-corrected chi connectivity index (χ1v) is 9.48. The Morgan fingerprint density at radius 2 is 2.04 bits per heavy atom. The third kappa shape index (κ3) is 3.28. The summed E-state index contributed by atoms with van der Waals surface area (Å²) in [4.78, 5) is 11.0. The van der Waals surface area contributed by atoms with E-state index in [1.165, 1.54) is 42.1 Å². The molecular formula is C17H24N4OS. The maximum absolute atomic E-state index is 5.29. The molecule has 0 aliphatic carbocycles. The molecule has 4 rings (SSSR count). The van der Waals surface area contributed by atoms with Crippen molar-refractivity contribution in [1.29, 1.82) is 0 Å². The molecular weight excluding hydrogens is 308 g/mol. The number of rotatable bonds is 4. The van der Waals surface area contributed by atoms with Gasteiger partial charge in [-0.25, -0.2) is 4.98 Å². The van der Waals surface area contributed by atoms with Gasteiger partial charge in [0.15, 0.2) is 5.13 Å². The van der Waals surface area contributed by atoms with Crippen LogP contribution >= 0.6 is 11.3 Å². The lowest BCUT2D eigenvalue weighted by Crippen LogP contribution is -2.32. The molecule has 124 valence electrons. The van der Waals surface area contributed by atoms with Crippen LogP contribution in [0, 0.1) is 6.92 Å². The minimum Gasteiger partial charge on any atom is -0.361 e. The molecule has 0 bridgehead atoms. The topological polar surface area (TPSA) is 45.4 Å². The Balaban J connectivity index is 1.47. The summed E-state index contributed by atoms with van der Waals surface area (Å²) in [7, 11) is 0. The van der Waals surface area contributed by atoms with Gasteiger partial charge in [-0.2, -0.15) is 0 Å². The fourth-order valence-corrected chi connectivity index (χ4v) is 4.67. The molecule has 0 aromatic carbocycles. The second kappa shape index (κ2) is 6.61. The Morgan fingerprint density at radius 3 is 2.83 bits per heavy atom. The highest BCUT2D eigenvalue weighted by Crippen LogP contribution is 2.34. The average molecular weight is 332 g/mol. The number of hydrogen-bond acceptors (Lipinski definition) is 6. The summed E-state index contributed by atoms with van der Waals surface area (Å²) < 4.78 is 5.29. The van der Waals surface area contributed by atoms with Crippen molar-refractivity contribution in [3.8, 4) is 0 Å². The van der Waals surface area contributed by atoms with E-state index in [2.05, 4.69) is 32.2 Å². The highest BCUT2D eigenvalue weighted by molar-refractivity contribution is 7.15. The number of nitrogens with zero attached hydrogens (tertiary/aromatic N) is 4. The van der Waals surface area contributed by atoms with Gasteiger partial charge in [0.05, 0.1) is 6.04 Å². The molecule has 5 nitrogen and oxygen atoms in total. The molecule has 23 heavy (non-hydrogen) atoms. The molecule has 0 N–H and O–H groups in total. The van der Waals surface area contributed by atoms with Gasteiger partial charge in [-0.1, -0.05) is 11.6 Å². The lowest BCUT2D eigenvalue weighted by molar-refractivity contribution is 0.135. The Bertz CT molecular complexity index is 647. The number of anilines is 1. The SMILES string of the molecule is Cc1cc([C@@H]2CCCCN2Cc2cnc(N3CCCC3)s2)no1. The highest BCUT2D eigenvalue weighted by atomic mass is 32.1. The monoisotopic (exact) mass is 332 g/mol. The maximum Gasteiger partial charge on any atom is 0.185 e. The Labute approximate surface area is 141 Å². The van der Waals surface area contributed by atoms with Crippen molar-refractivity contribution in [1.82, 2.24) is 15.0 Å². The molecule has 2 saturated heterocycles. The summed E-state index contributed by atoms with van der Waals surface area (Å²) in [5.41, 5.74) is 1.09. The first-order chi connectivity index (χ1) is 11.3. The van der Waals surface area contributed by atoms with E-state index in [-0.39, 0.29) is 0 Å². The molecule has 0 unspecified atom stereocenters. The van der Waals surface area contributed by atoms with Gasteiger partial charge in [0, 0.05) is 36.8 Å². The summed E-state index contributed by atoms with van der Waals surface area (Å²) in [5, 5.41) is 5.46. The smallest absolute Gasteiger partial charge is 0.185 e. The minimum atomic E-state index is 0.388. The van der Waals surface area contributed by atoms with Gasteiger partial charge in [0.1, 0.15) is 11.5 Å². The van der Waals surface area contributed by atoms with Gasteiger partial charge < -0.3 is 9.42 Å². The lowest BCUT2D eigenvalue weighted by atomic mass is 9.99. The van der Waals surface area contributed by atoms with Crippen LogP contribution in [0.5, 0.6) is 0 Å². The van der Waals surface area contributed by atoms with Crippen molar-refractivity contribution in [2.75, 3.05) is 24.5 Å². The van der Waals surface area contributed by atoms with Crippen molar-refractivity contribution in [2.24, 2.45) is 0 Å². The van der Waals surface area contributed by atoms with Crippen molar-refractivity contribution < 1.29 is 4.52 Å². The molecule has 1 atom stereocenters. The molecule has 2 fully saturated rings. The Hall–Kier alpha value is -1.40. The van der Waals surface area contributed by atoms with Gasteiger partial charge in [-0.3, -0.25) is 4.90 Å². The van der Waals surface area contributed by atoms with Crippen molar-refractivity contribution in [3.63, 3.8) is 0 Å². The van der Waals surface area contributed by atoms with Crippen LogP contribution in [0.4, 0.5) is 5.13 Å². The third-order valence-corrected chi connectivity index (χ3v) is 5.92. The van der Waals surface area contributed by atoms with Crippen LogP contribution in [-0.4, -0.2) is 34.7 Å². The second-order valence-electron chi connectivity index (χ2n) is 6.65. The summed E-state index contributed by atoms with van der Waals surface area (Å²) in [5.74, 6) is 0.902. The van der Waals surface area contributed by atoms with Crippen LogP contribution in [0.3, 0.4) is 0 Å². The number of piperidine rings is 1. The lowest BCUT2D eigenvalue weighted by Gasteiger charge is -2.33. The molecule has 2 aliphatic heterocycles. The molecule has 2 aliphatic rings. The van der Waals surface area contributed by atoms with E-state index >= 15 is 0 Å². The van der Waals surface area contributed by atoms with Crippen molar-refractivity contribution in [3.05, 3.63) is 28.6 Å². The number of aromatic nitrogens is 2. The van der Waals surface area contributed by atoms with E-state index in [1.807, 2.05) is 18.3 Å². The molecule has 0 saturated carbocycles. The van der Waals surface area contributed by atoms with E-state index in [0.29, 0.717) is 6.04 Å². The number of thiazole rings is 1. The number of likely N-dealkylation sites (tertiary alicyclic amines) is 1. The van der Waals surface area contributed by atoms with E-state index in [1.54, 1.807) is 0 Å². The number of hydrogen-bond donors (Lipinski definition) is 0. The third-order valence-electron chi connectivity index (χ3n) is 4.88. The van der Waals surface area contributed by atoms with Gasteiger partial charge in [-0.05, 0) is 39.2 Å². The van der Waals surface area contributed by atoms with Gasteiger partial charge in [0.25, 0.3) is 0 Å². The molecule has 0 spiro atoms. The Kier molecular flexibility index (Phi) is 4.35. The van der Waals surface area contributed by atoms with E-state index in [4.69, 9.17) is 4.52 Å². The second-order valence-corrected chi connectivity index (χ2v) is 7.74. The van der Waals surface area contributed by atoms with E-state index < -0.39 is 0 Å². The fourth-order valence-electron chi connectivity index (χ4n) is 3.68. The normalized spacial score (nSPS) is 22.8. The molecule has 0 radical (unpaired) electrons. The largest absolute Gasteiger partial charge is 0.361 e. The molecule has 0 amide bonds. The predicted octanol–water partition coefficient (Wildman–Crippen LogP) is 3.77. The van der Waals surface area contributed by atoms with Crippen LogP contribution in [0.1, 0.15) is 54.5 Å². The maximum atomic E-state index is 5.29. The van der Waals surface area contributed by atoms with Crippen LogP contribution in [0.25, 0.3) is 0 Å². The molecule has 2 aromatic rings. The van der Waals surface area contributed by atoms with Gasteiger partial charge in [0.2, 0.25) is 0 Å². The van der Waals surface area contributed by atoms with Gasteiger partial charge in [-0.15, -0.1) is 11.3 Å². The summed E-state index contributed by atoms with van der Waals surface area (Å²) in [6.07, 6.45) is 8.38. The zero-order valence-corrected chi connectivity index (χ0v) is 14.5. The first-order valence-electron chi connectivity index (χ1n) is 8.66. The first kappa shape index (κ1) is 15.1. The standard InChI is InChI=1S/C17H24N4OS/c1-13-10-15(19-22-13)16-6-2-3-9-21(16)12-14-11-18-17(23-14)20-7-4-5-8-20/h10-11,16H,2-9,12H2,1H3/t16-/m0/s1. The fraction of sp³-hybridized carbons (Fsp3) is 0.647. The zero-order valence-electron chi connectivity index (χ0n) is 13.7. The predicted molar refractivity (Wildman–Crippen MR) is 91.8 cm³/mol. The van der Waals surface area contributed by atoms with Gasteiger partial charge >= 0.3 is 0 Å². The van der Waals surface area contributed by atoms with Crippen LogP contribution in [0.15, 0.2) is 16.8 Å². The van der Waals surface area contributed by atoms with E-state index in [9.17, 15) is 0 Å². The molecule has 4 heterocycles. The summed E-state index contributed by atoms with van der Waals surface area (Å²) >= 11 is 1.86. The van der Waals surface area contributed by atoms with Crippen LogP contribution in [-0.2, 0) is 6.54 Å². The van der Waals surface area contributed by atoms with E-state index in [0.717, 1.165) is 37.6 Å². The van der Waals surface area contributed by atoms with Crippen LogP contribution in [0.2, 0.25) is 0 Å². The zero-order chi connectivity index (χ0) is 15.6. The highest BCUT2D eigenvalue weighted by Gasteiger charge is 2.27. The Morgan fingerprint density at radius 1 is 1.22 bits per heavy atom.